The van der Waals surface area contributed by atoms with Gasteiger partial charge in [-0.3, -0.25) is 10.1 Å². The van der Waals surface area contributed by atoms with Crippen LogP contribution in [0.3, 0.4) is 0 Å². The molecule has 0 aliphatic rings. The van der Waals surface area contributed by atoms with Gasteiger partial charge in [-0.1, -0.05) is 30.3 Å². The molecule has 1 atom stereocenters. The number of anilines is 1. The Bertz CT molecular complexity index is 666. The summed E-state index contributed by atoms with van der Waals surface area (Å²) in [6, 6.07) is 11.9. The minimum Gasteiger partial charge on any atom is -0.365 e. The normalized spacial score (nSPS) is 12.2. The Kier molecular flexibility index (Phi) is 6.06. The number of nitrogens with one attached hydrogen (secondary N) is 1. The third-order valence-electron chi connectivity index (χ3n) is 3.30. The summed E-state index contributed by atoms with van der Waals surface area (Å²) >= 11 is 3.32. The van der Waals surface area contributed by atoms with Gasteiger partial charge in [0.25, 0.3) is 5.69 Å². The van der Waals surface area contributed by atoms with Gasteiger partial charge >= 0.3 is 0 Å². The summed E-state index contributed by atoms with van der Waals surface area (Å²) in [5, 5.41) is 14.0. The van der Waals surface area contributed by atoms with Gasteiger partial charge < -0.3 is 10.2 Å². The van der Waals surface area contributed by atoms with Gasteiger partial charge in [0.05, 0.1) is 9.40 Å². The second-order valence-electron chi connectivity index (χ2n) is 5.51. The number of rotatable bonds is 7. The van der Waals surface area contributed by atoms with Crippen molar-refractivity contribution in [1.29, 1.82) is 0 Å². The number of hydrogen-bond donors (Lipinski definition) is 1. The van der Waals surface area contributed by atoms with E-state index in [-0.39, 0.29) is 11.7 Å². The highest BCUT2D eigenvalue weighted by atomic mass is 79.9. The van der Waals surface area contributed by atoms with Crippen LogP contribution in [0.1, 0.15) is 12.5 Å². The number of hydrogen-bond acceptors (Lipinski definition) is 5. The topological polar surface area (TPSA) is 71.3 Å². The van der Waals surface area contributed by atoms with Gasteiger partial charge in [-0.15, -0.1) is 0 Å². The summed E-state index contributed by atoms with van der Waals surface area (Å²) < 4.78 is 0.587. The van der Waals surface area contributed by atoms with E-state index in [0.29, 0.717) is 10.3 Å². The van der Waals surface area contributed by atoms with Gasteiger partial charge in [0.15, 0.2) is 0 Å². The first-order chi connectivity index (χ1) is 11.0. The molecule has 2 rings (SSSR count). The molecule has 0 aliphatic heterocycles. The number of likely N-dealkylation sites (N-methyl/N-ethyl adjacent to an activating group) is 1. The molecule has 0 amide bonds. The summed E-state index contributed by atoms with van der Waals surface area (Å²) in [4.78, 5) is 16.6. The summed E-state index contributed by atoms with van der Waals surface area (Å²) in [5.74, 6) is 0.608. The standard InChI is InChI=1S/C16H19BrN4O2/c1-12(10-20(2)11-13-6-4-3-5-7-13)19-16-15(17)8-14(9-18-16)21(22)23/h3-9,12H,10-11H2,1-2H3,(H,18,19). The van der Waals surface area contributed by atoms with E-state index < -0.39 is 4.92 Å². The number of nitrogens with zero attached hydrogens (tertiary/aromatic N) is 3. The zero-order chi connectivity index (χ0) is 16.8. The average Bonchev–Trinajstić information content (AvgIpc) is 2.49. The van der Waals surface area contributed by atoms with E-state index in [9.17, 15) is 10.1 Å². The molecule has 1 aromatic carbocycles. The largest absolute Gasteiger partial charge is 0.365 e. The predicted octanol–water partition coefficient (Wildman–Crippen LogP) is 3.68. The summed E-state index contributed by atoms with van der Waals surface area (Å²) in [7, 11) is 2.06. The van der Waals surface area contributed by atoms with Crippen LogP contribution in [0.15, 0.2) is 47.1 Å². The zero-order valence-corrected chi connectivity index (χ0v) is 14.7. The van der Waals surface area contributed by atoms with E-state index >= 15 is 0 Å². The molecular weight excluding hydrogens is 360 g/mol. The molecule has 0 saturated heterocycles. The van der Waals surface area contributed by atoms with Crippen LogP contribution in [0.5, 0.6) is 0 Å². The summed E-state index contributed by atoms with van der Waals surface area (Å²) in [6.45, 7) is 3.73. The Labute approximate surface area is 143 Å². The molecule has 1 N–H and O–H groups in total. The number of halogens is 1. The molecule has 0 fully saturated rings. The van der Waals surface area contributed by atoms with E-state index in [1.807, 2.05) is 18.2 Å². The van der Waals surface area contributed by atoms with E-state index in [2.05, 4.69) is 57.2 Å². The SMILES string of the molecule is CC(CN(C)Cc1ccccc1)Nc1ncc([N+](=O)[O-])cc1Br. The smallest absolute Gasteiger partial charge is 0.288 e. The Balaban J connectivity index is 1.91. The lowest BCUT2D eigenvalue weighted by atomic mass is 10.2. The lowest BCUT2D eigenvalue weighted by Gasteiger charge is -2.23. The van der Waals surface area contributed by atoms with Crippen molar-refractivity contribution in [2.24, 2.45) is 0 Å². The Morgan fingerprint density at radius 3 is 2.70 bits per heavy atom. The molecule has 1 aromatic heterocycles. The number of pyridine rings is 1. The monoisotopic (exact) mass is 378 g/mol. The minimum atomic E-state index is -0.460. The highest BCUT2D eigenvalue weighted by molar-refractivity contribution is 9.10. The number of benzene rings is 1. The van der Waals surface area contributed by atoms with E-state index in [4.69, 9.17) is 0 Å². The molecular formula is C16H19BrN4O2. The Morgan fingerprint density at radius 2 is 2.09 bits per heavy atom. The van der Waals surface area contributed by atoms with Crippen molar-refractivity contribution in [1.82, 2.24) is 9.88 Å². The number of aromatic nitrogens is 1. The molecule has 23 heavy (non-hydrogen) atoms. The lowest BCUT2D eigenvalue weighted by molar-refractivity contribution is -0.385. The molecule has 0 saturated carbocycles. The minimum absolute atomic E-state index is 0.0312. The molecule has 6 nitrogen and oxygen atoms in total. The first-order valence-corrected chi connectivity index (χ1v) is 8.04. The maximum absolute atomic E-state index is 10.7. The quantitative estimate of drug-likeness (QED) is 0.587. The van der Waals surface area contributed by atoms with Crippen molar-refractivity contribution >= 4 is 27.4 Å². The van der Waals surface area contributed by atoms with Gasteiger partial charge in [0.1, 0.15) is 12.0 Å². The Hall–Kier alpha value is -1.99. The first kappa shape index (κ1) is 17.4. The third kappa shape index (κ3) is 5.30. The summed E-state index contributed by atoms with van der Waals surface area (Å²) in [6.07, 6.45) is 1.26. The highest BCUT2D eigenvalue weighted by Gasteiger charge is 2.13. The van der Waals surface area contributed by atoms with Gasteiger partial charge in [-0.05, 0) is 35.5 Å². The molecule has 2 aromatic rings. The molecule has 0 radical (unpaired) electrons. The van der Waals surface area contributed by atoms with Gasteiger partial charge in [-0.2, -0.15) is 0 Å². The molecule has 122 valence electrons. The first-order valence-electron chi connectivity index (χ1n) is 7.24. The van der Waals surface area contributed by atoms with Gasteiger partial charge in [0, 0.05) is 25.2 Å². The fourth-order valence-electron chi connectivity index (χ4n) is 2.34. The molecule has 1 heterocycles. The van der Waals surface area contributed by atoms with Crippen LogP contribution in [0.2, 0.25) is 0 Å². The van der Waals surface area contributed by atoms with Gasteiger partial charge in [0.2, 0.25) is 0 Å². The average molecular weight is 379 g/mol. The van der Waals surface area contributed by atoms with Crippen molar-refractivity contribution in [3.63, 3.8) is 0 Å². The van der Waals surface area contributed by atoms with Crippen LogP contribution in [0.4, 0.5) is 11.5 Å². The van der Waals surface area contributed by atoms with Crippen LogP contribution in [0, 0.1) is 10.1 Å². The summed E-state index contributed by atoms with van der Waals surface area (Å²) in [5.41, 5.74) is 1.23. The predicted molar refractivity (Wildman–Crippen MR) is 94.5 cm³/mol. The van der Waals surface area contributed by atoms with Crippen LogP contribution in [-0.4, -0.2) is 34.4 Å². The van der Waals surface area contributed by atoms with Crippen molar-refractivity contribution in [2.75, 3.05) is 18.9 Å². The molecule has 0 spiro atoms. The van der Waals surface area contributed by atoms with Crippen molar-refractivity contribution in [2.45, 2.75) is 19.5 Å². The van der Waals surface area contributed by atoms with Crippen LogP contribution in [0.25, 0.3) is 0 Å². The Morgan fingerprint density at radius 1 is 1.39 bits per heavy atom. The fraction of sp³-hybridized carbons (Fsp3) is 0.312. The zero-order valence-electron chi connectivity index (χ0n) is 13.1. The second kappa shape index (κ2) is 8.03. The molecule has 0 bridgehead atoms. The van der Waals surface area contributed by atoms with Gasteiger partial charge in [-0.25, -0.2) is 4.98 Å². The van der Waals surface area contributed by atoms with Crippen molar-refractivity contribution < 1.29 is 4.92 Å². The van der Waals surface area contributed by atoms with Crippen LogP contribution < -0.4 is 5.32 Å². The highest BCUT2D eigenvalue weighted by Crippen LogP contribution is 2.24. The van der Waals surface area contributed by atoms with Crippen molar-refractivity contribution in [3.8, 4) is 0 Å². The van der Waals surface area contributed by atoms with E-state index in [1.54, 1.807) is 0 Å². The lowest BCUT2D eigenvalue weighted by Crippen LogP contribution is -2.32. The van der Waals surface area contributed by atoms with E-state index in [1.165, 1.54) is 17.8 Å². The van der Waals surface area contributed by atoms with E-state index in [0.717, 1.165) is 13.1 Å². The fourth-order valence-corrected chi connectivity index (χ4v) is 2.79. The van der Waals surface area contributed by atoms with Crippen molar-refractivity contribution in [3.05, 3.63) is 62.7 Å². The maximum Gasteiger partial charge on any atom is 0.288 e. The molecule has 7 heteroatoms. The third-order valence-corrected chi connectivity index (χ3v) is 3.91. The molecule has 0 aliphatic carbocycles. The molecule has 1 unspecified atom stereocenters. The maximum atomic E-state index is 10.7. The van der Waals surface area contributed by atoms with Crippen LogP contribution in [-0.2, 0) is 6.54 Å². The second-order valence-corrected chi connectivity index (χ2v) is 6.36. The van der Waals surface area contributed by atoms with Crippen LogP contribution >= 0.6 is 15.9 Å². The number of nitro groups is 1.